The third kappa shape index (κ3) is 2.40. The zero-order valence-electron chi connectivity index (χ0n) is 11.4. The summed E-state index contributed by atoms with van der Waals surface area (Å²) in [6.45, 7) is 3.20. The van der Waals surface area contributed by atoms with Crippen molar-refractivity contribution >= 4 is 17.0 Å². The number of hydrogen-bond acceptors (Lipinski definition) is 3. The molecule has 0 bridgehead atoms. The van der Waals surface area contributed by atoms with Crippen LogP contribution in [0.2, 0.25) is 0 Å². The Bertz CT molecular complexity index is 590. The molecule has 19 heavy (non-hydrogen) atoms. The molecule has 0 saturated carbocycles. The fourth-order valence-electron chi connectivity index (χ4n) is 2.74. The van der Waals surface area contributed by atoms with E-state index in [4.69, 9.17) is 0 Å². The van der Waals surface area contributed by atoms with Crippen LogP contribution in [0.25, 0.3) is 0 Å². The minimum Gasteiger partial charge on any atom is -0.383 e. The summed E-state index contributed by atoms with van der Waals surface area (Å²) in [5.41, 5.74) is 3.68. The van der Waals surface area contributed by atoms with Crippen LogP contribution in [0.3, 0.4) is 0 Å². The van der Waals surface area contributed by atoms with E-state index in [0.717, 1.165) is 23.4 Å². The summed E-state index contributed by atoms with van der Waals surface area (Å²) in [6, 6.07) is 10.5. The van der Waals surface area contributed by atoms with E-state index in [1.54, 1.807) is 11.3 Å². The Morgan fingerprint density at radius 2 is 2.11 bits per heavy atom. The molecule has 1 aliphatic heterocycles. The van der Waals surface area contributed by atoms with Gasteiger partial charge in [0.15, 0.2) is 0 Å². The second-order valence-electron chi connectivity index (χ2n) is 5.26. The number of anilines is 1. The molecule has 0 saturated heterocycles. The summed E-state index contributed by atoms with van der Waals surface area (Å²) in [7, 11) is 2.14. The SMILES string of the molecule is Cc1ccc(C(O)c2ccc3c(c2)CCCN3C)s1. The zero-order chi connectivity index (χ0) is 13.4. The molecular formula is C16H19NOS. The van der Waals surface area contributed by atoms with Gasteiger partial charge in [0.25, 0.3) is 0 Å². The molecule has 2 heterocycles. The summed E-state index contributed by atoms with van der Waals surface area (Å²) in [6.07, 6.45) is 1.82. The number of hydrogen-bond donors (Lipinski definition) is 1. The van der Waals surface area contributed by atoms with Crippen molar-refractivity contribution in [1.29, 1.82) is 0 Å². The highest BCUT2D eigenvalue weighted by atomic mass is 32.1. The number of nitrogens with zero attached hydrogens (tertiary/aromatic N) is 1. The molecule has 0 radical (unpaired) electrons. The maximum atomic E-state index is 10.5. The number of aliphatic hydroxyl groups is 1. The maximum absolute atomic E-state index is 10.5. The summed E-state index contributed by atoms with van der Waals surface area (Å²) >= 11 is 1.67. The van der Waals surface area contributed by atoms with Gasteiger partial charge in [-0.3, -0.25) is 0 Å². The van der Waals surface area contributed by atoms with E-state index in [0.29, 0.717) is 0 Å². The summed E-state index contributed by atoms with van der Waals surface area (Å²) < 4.78 is 0. The number of thiophene rings is 1. The molecule has 3 rings (SSSR count). The van der Waals surface area contributed by atoms with Crippen molar-refractivity contribution in [2.45, 2.75) is 25.9 Å². The largest absolute Gasteiger partial charge is 0.383 e. The fourth-order valence-corrected chi connectivity index (χ4v) is 3.63. The van der Waals surface area contributed by atoms with Crippen molar-refractivity contribution in [1.82, 2.24) is 0 Å². The lowest BCUT2D eigenvalue weighted by Gasteiger charge is -2.28. The third-order valence-electron chi connectivity index (χ3n) is 3.80. The van der Waals surface area contributed by atoms with Crippen molar-refractivity contribution < 1.29 is 5.11 Å². The van der Waals surface area contributed by atoms with Crippen LogP contribution in [0.1, 0.15) is 33.4 Å². The van der Waals surface area contributed by atoms with Crippen molar-refractivity contribution in [2.24, 2.45) is 0 Å². The molecule has 100 valence electrons. The van der Waals surface area contributed by atoms with Gasteiger partial charge in [-0.1, -0.05) is 12.1 Å². The minimum absolute atomic E-state index is 0.490. The topological polar surface area (TPSA) is 23.5 Å². The van der Waals surface area contributed by atoms with Gasteiger partial charge < -0.3 is 10.0 Å². The summed E-state index contributed by atoms with van der Waals surface area (Å²) in [5.74, 6) is 0. The lowest BCUT2D eigenvalue weighted by atomic mass is 9.97. The van der Waals surface area contributed by atoms with Gasteiger partial charge >= 0.3 is 0 Å². The molecule has 0 aliphatic carbocycles. The first kappa shape index (κ1) is 12.7. The Labute approximate surface area is 118 Å². The molecule has 3 heteroatoms. The van der Waals surface area contributed by atoms with Crippen molar-refractivity contribution in [2.75, 3.05) is 18.5 Å². The van der Waals surface area contributed by atoms with E-state index in [2.05, 4.69) is 43.1 Å². The predicted molar refractivity (Wildman–Crippen MR) is 81.2 cm³/mol. The van der Waals surface area contributed by atoms with Crippen LogP contribution in [0.15, 0.2) is 30.3 Å². The van der Waals surface area contributed by atoms with Crippen LogP contribution in [0.5, 0.6) is 0 Å². The molecular weight excluding hydrogens is 254 g/mol. The van der Waals surface area contributed by atoms with E-state index in [-0.39, 0.29) is 0 Å². The van der Waals surface area contributed by atoms with Crippen LogP contribution in [-0.4, -0.2) is 18.7 Å². The molecule has 2 nitrogen and oxygen atoms in total. The van der Waals surface area contributed by atoms with E-state index >= 15 is 0 Å². The Kier molecular flexibility index (Phi) is 3.33. The Morgan fingerprint density at radius 3 is 2.84 bits per heavy atom. The Morgan fingerprint density at radius 1 is 1.26 bits per heavy atom. The second-order valence-corrected chi connectivity index (χ2v) is 6.58. The van der Waals surface area contributed by atoms with Gasteiger partial charge in [0.1, 0.15) is 6.10 Å². The van der Waals surface area contributed by atoms with Crippen molar-refractivity contribution in [3.63, 3.8) is 0 Å². The summed E-state index contributed by atoms with van der Waals surface area (Å²) in [5, 5.41) is 10.5. The maximum Gasteiger partial charge on any atom is 0.113 e. The van der Waals surface area contributed by atoms with Crippen molar-refractivity contribution in [3.05, 3.63) is 51.2 Å². The van der Waals surface area contributed by atoms with E-state index in [1.165, 1.54) is 22.5 Å². The quantitative estimate of drug-likeness (QED) is 0.905. The lowest BCUT2D eigenvalue weighted by molar-refractivity contribution is 0.224. The number of aliphatic hydroxyl groups excluding tert-OH is 1. The third-order valence-corrected chi connectivity index (χ3v) is 4.85. The molecule has 1 aromatic carbocycles. The smallest absolute Gasteiger partial charge is 0.113 e. The molecule has 1 unspecified atom stereocenters. The van der Waals surface area contributed by atoms with Gasteiger partial charge in [0.2, 0.25) is 0 Å². The number of fused-ring (bicyclic) bond motifs is 1. The average molecular weight is 273 g/mol. The molecule has 1 aromatic heterocycles. The highest BCUT2D eigenvalue weighted by molar-refractivity contribution is 7.12. The van der Waals surface area contributed by atoms with Crippen LogP contribution in [-0.2, 0) is 6.42 Å². The highest BCUT2D eigenvalue weighted by Crippen LogP contribution is 2.33. The molecule has 2 aromatic rings. The van der Waals surface area contributed by atoms with Gasteiger partial charge in [0.05, 0.1) is 0 Å². The first-order valence-corrected chi connectivity index (χ1v) is 7.55. The predicted octanol–water partition coefficient (Wildman–Crippen LogP) is 3.52. The molecule has 1 N–H and O–H groups in total. The van der Waals surface area contributed by atoms with Gasteiger partial charge in [-0.2, -0.15) is 0 Å². The normalized spacial score (nSPS) is 16.3. The van der Waals surface area contributed by atoms with Gasteiger partial charge in [-0.05, 0) is 49.1 Å². The molecule has 0 spiro atoms. The second kappa shape index (κ2) is 4.99. The average Bonchev–Trinajstić information content (AvgIpc) is 2.84. The van der Waals surface area contributed by atoms with Gasteiger partial charge in [-0.15, -0.1) is 11.3 Å². The Balaban J connectivity index is 1.93. The van der Waals surface area contributed by atoms with Gasteiger partial charge in [0, 0.05) is 29.0 Å². The van der Waals surface area contributed by atoms with Crippen LogP contribution in [0, 0.1) is 6.92 Å². The van der Waals surface area contributed by atoms with Crippen LogP contribution in [0.4, 0.5) is 5.69 Å². The lowest BCUT2D eigenvalue weighted by Crippen LogP contribution is -2.24. The van der Waals surface area contributed by atoms with E-state index < -0.39 is 6.10 Å². The van der Waals surface area contributed by atoms with Crippen molar-refractivity contribution in [3.8, 4) is 0 Å². The molecule has 1 aliphatic rings. The summed E-state index contributed by atoms with van der Waals surface area (Å²) in [4.78, 5) is 4.57. The zero-order valence-corrected chi connectivity index (χ0v) is 12.2. The fraction of sp³-hybridized carbons (Fsp3) is 0.375. The van der Waals surface area contributed by atoms with Crippen LogP contribution >= 0.6 is 11.3 Å². The number of aryl methyl sites for hydroxylation is 2. The molecule has 0 amide bonds. The monoisotopic (exact) mass is 273 g/mol. The first-order valence-electron chi connectivity index (χ1n) is 6.73. The van der Waals surface area contributed by atoms with Crippen LogP contribution < -0.4 is 4.90 Å². The number of benzene rings is 1. The minimum atomic E-state index is -0.490. The van der Waals surface area contributed by atoms with Gasteiger partial charge in [-0.25, -0.2) is 0 Å². The Hall–Kier alpha value is -1.32. The molecule has 0 fully saturated rings. The number of rotatable bonds is 2. The highest BCUT2D eigenvalue weighted by Gasteiger charge is 2.17. The molecule has 1 atom stereocenters. The first-order chi connectivity index (χ1) is 9.15. The van der Waals surface area contributed by atoms with E-state index in [1.807, 2.05) is 6.07 Å². The van der Waals surface area contributed by atoms with E-state index in [9.17, 15) is 5.11 Å². The standard InChI is InChI=1S/C16H19NOS/c1-11-5-8-15(19-11)16(18)13-6-7-14-12(10-13)4-3-9-17(14)2/h5-8,10,16,18H,3-4,9H2,1-2H3.